The van der Waals surface area contributed by atoms with Crippen molar-refractivity contribution in [1.82, 2.24) is 0 Å². The van der Waals surface area contributed by atoms with E-state index >= 15 is 0 Å². The highest BCUT2D eigenvalue weighted by molar-refractivity contribution is 5.95. The van der Waals surface area contributed by atoms with E-state index in [1.165, 1.54) is 44.2 Å². The number of carbonyl (C=O) groups is 2. The van der Waals surface area contributed by atoms with Gasteiger partial charge in [0.1, 0.15) is 17.1 Å². The fourth-order valence-corrected chi connectivity index (χ4v) is 2.80. The van der Waals surface area contributed by atoms with Crippen LogP contribution in [0, 0.1) is 0 Å². The second-order valence-electron chi connectivity index (χ2n) is 6.76. The summed E-state index contributed by atoms with van der Waals surface area (Å²) in [7, 11) is 0. The van der Waals surface area contributed by atoms with Gasteiger partial charge in [-0.25, -0.2) is 9.59 Å². The maximum atomic E-state index is 12.3. The number of rotatable bonds is 12. The van der Waals surface area contributed by atoms with Gasteiger partial charge in [0.25, 0.3) is 0 Å². The molecule has 0 aromatic heterocycles. The quantitative estimate of drug-likeness (QED) is 0.199. The Kier molecular flexibility index (Phi) is 9.49. The third-order valence-corrected chi connectivity index (χ3v) is 4.43. The van der Waals surface area contributed by atoms with Crippen LogP contribution in [0.3, 0.4) is 0 Å². The maximum absolute atomic E-state index is 12.3. The zero-order valence-electron chi connectivity index (χ0n) is 16.8. The minimum atomic E-state index is -1.15. The van der Waals surface area contributed by atoms with Gasteiger partial charge in [-0.1, -0.05) is 51.2 Å². The average Bonchev–Trinajstić information content (AvgIpc) is 2.73. The van der Waals surface area contributed by atoms with Crippen molar-refractivity contribution < 1.29 is 24.2 Å². The number of esters is 1. The summed E-state index contributed by atoms with van der Waals surface area (Å²) in [5.74, 6) is -1.14. The number of carbonyl (C=O) groups excluding carboxylic acids is 1. The molecular formula is C24H28O5. The first-order valence-electron chi connectivity index (χ1n) is 10.1. The van der Waals surface area contributed by atoms with Crippen molar-refractivity contribution in [2.24, 2.45) is 0 Å². The summed E-state index contributed by atoms with van der Waals surface area (Å²) >= 11 is 0. The van der Waals surface area contributed by atoms with Gasteiger partial charge in [0, 0.05) is 0 Å². The lowest BCUT2D eigenvalue weighted by molar-refractivity contribution is 0.0681. The number of carboxylic acids is 1. The highest BCUT2D eigenvalue weighted by atomic mass is 16.5. The SMILES string of the molecule is CCCCCCCCC=COc1ccc(C(=O)Oc2ccccc2C(=O)O)cc1. The number of allylic oxidation sites excluding steroid dienone is 1. The van der Waals surface area contributed by atoms with Crippen molar-refractivity contribution >= 4 is 11.9 Å². The van der Waals surface area contributed by atoms with Crippen LogP contribution in [0.15, 0.2) is 60.9 Å². The van der Waals surface area contributed by atoms with Crippen molar-refractivity contribution in [3.8, 4) is 11.5 Å². The first-order chi connectivity index (χ1) is 14.1. The van der Waals surface area contributed by atoms with Crippen LogP contribution in [0.25, 0.3) is 0 Å². The molecule has 0 spiro atoms. The number of carboxylic acid groups (broad SMARTS) is 1. The van der Waals surface area contributed by atoms with Crippen LogP contribution >= 0.6 is 0 Å². The number of ether oxygens (including phenoxy) is 2. The Bertz CT molecular complexity index is 808. The summed E-state index contributed by atoms with van der Waals surface area (Å²) in [4.78, 5) is 23.5. The van der Waals surface area contributed by atoms with Gasteiger partial charge in [-0.15, -0.1) is 0 Å². The molecule has 0 amide bonds. The zero-order valence-corrected chi connectivity index (χ0v) is 16.8. The monoisotopic (exact) mass is 396 g/mol. The van der Waals surface area contributed by atoms with Gasteiger partial charge in [0.05, 0.1) is 11.8 Å². The summed E-state index contributed by atoms with van der Waals surface area (Å²) in [6.45, 7) is 2.22. The molecule has 0 heterocycles. The number of hydrogen-bond acceptors (Lipinski definition) is 4. The molecule has 0 saturated heterocycles. The molecule has 5 nitrogen and oxygen atoms in total. The molecular weight excluding hydrogens is 368 g/mol. The molecule has 0 bridgehead atoms. The minimum Gasteiger partial charge on any atom is -0.478 e. The van der Waals surface area contributed by atoms with Gasteiger partial charge in [0.2, 0.25) is 0 Å². The predicted molar refractivity (Wildman–Crippen MR) is 113 cm³/mol. The highest BCUT2D eigenvalue weighted by Crippen LogP contribution is 2.20. The van der Waals surface area contributed by atoms with Crippen molar-refractivity contribution in [3.05, 3.63) is 72.0 Å². The molecule has 2 aromatic rings. The molecule has 0 aliphatic rings. The van der Waals surface area contributed by atoms with E-state index in [0.717, 1.165) is 12.8 Å². The Labute approximate surface area is 172 Å². The van der Waals surface area contributed by atoms with Crippen LogP contribution in [0.2, 0.25) is 0 Å². The number of aromatic carboxylic acids is 1. The third kappa shape index (κ3) is 7.82. The van der Waals surface area contributed by atoms with Crippen molar-refractivity contribution in [1.29, 1.82) is 0 Å². The Morgan fingerprint density at radius 1 is 0.931 bits per heavy atom. The standard InChI is InChI=1S/C24H28O5/c1-2-3-4-5-6-7-8-11-18-28-20-16-14-19(15-17-20)24(27)29-22-13-10-9-12-21(22)23(25)26/h9-18H,2-8H2,1H3,(H,25,26). The van der Waals surface area contributed by atoms with Gasteiger partial charge in [-0.05, 0) is 55.3 Å². The van der Waals surface area contributed by atoms with Crippen LogP contribution in [0.1, 0.15) is 72.6 Å². The molecule has 2 rings (SSSR count). The van der Waals surface area contributed by atoms with Crippen LogP contribution in [-0.2, 0) is 0 Å². The zero-order chi connectivity index (χ0) is 20.9. The van der Waals surface area contributed by atoms with E-state index in [2.05, 4.69) is 6.92 Å². The molecule has 5 heteroatoms. The number of benzene rings is 2. The van der Waals surface area contributed by atoms with E-state index in [4.69, 9.17) is 14.6 Å². The topological polar surface area (TPSA) is 72.8 Å². The molecule has 29 heavy (non-hydrogen) atoms. The lowest BCUT2D eigenvalue weighted by atomic mass is 10.1. The summed E-state index contributed by atoms with van der Waals surface area (Å²) in [5, 5.41) is 9.16. The molecule has 0 unspecified atom stereocenters. The van der Waals surface area contributed by atoms with Crippen LogP contribution in [0.4, 0.5) is 0 Å². The van der Waals surface area contributed by atoms with Gasteiger partial charge in [-0.2, -0.15) is 0 Å². The lowest BCUT2D eigenvalue weighted by Crippen LogP contribution is -2.11. The molecule has 0 radical (unpaired) electrons. The Hall–Kier alpha value is -3.08. The van der Waals surface area contributed by atoms with E-state index in [0.29, 0.717) is 11.3 Å². The molecule has 0 saturated carbocycles. The predicted octanol–water partition coefficient (Wildman–Crippen LogP) is 6.25. The Morgan fingerprint density at radius 3 is 2.34 bits per heavy atom. The van der Waals surface area contributed by atoms with Crippen LogP contribution in [0.5, 0.6) is 11.5 Å². The van der Waals surface area contributed by atoms with E-state index in [-0.39, 0.29) is 11.3 Å². The largest absolute Gasteiger partial charge is 0.478 e. The molecule has 1 N–H and O–H groups in total. The summed E-state index contributed by atoms with van der Waals surface area (Å²) in [5.41, 5.74) is 0.255. The molecule has 0 fully saturated rings. The molecule has 0 aliphatic heterocycles. The number of para-hydroxylation sites is 1. The fourth-order valence-electron chi connectivity index (χ4n) is 2.80. The Morgan fingerprint density at radius 2 is 1.62 bits per heavy atom. The average molecular weight is 396 g/mol. The minimum absolute atomic E-state index is 0.0166. The second kappa shape index (κ2) is 12.4. The van der Waals surface area contributed by atoms with E-state index in [9.17, 15) is 9.59 Å². The molecule has 0 aliphatic carbocycles. The third-order valence-electron chi connectivity index (χ3n) is 4.43. The smallest absolute Gasteiger partial charge is 0.343 e. The van der Waals surface area contributed by atoms with Gasteiger partial charge < -0.3 is 14.6 Å². The first kappa shape index (κ1) is 22.2. The van der Waals surface area contributed by atoms with Crippen LogP contribution < -0.4 is 9.47 Å². The van der Waals surface area contributed by atoms with Crippen molar-refractivity contribution in [3.63, 3.8) is 0 Å². The summed E-state index contributed by atoms with van der Waals surface area (Å²) in [6.07, 6.45) is 12.2. The van der Waals surface area contributed by atoms with E-state index < -0.39 is 11.9 Å². The number of unbranched alkanes of at least 4 members (excludes halogenated alkanes) is 6. The fraction of sp³-hybridized carbons (Fsp3) is 0.333. The van der Waals surface area contributed by atoms with Crippen LogP contribution in [-0.4, -0.2) is 17.0 Å². The number of hydrogen-bond donors (Lipinski definition) is 1. The first-order valence-corrected chi connectivity index (χ1v) is 10.1. The molecule has 2 aromatic carbocycles. The van der Waals surface area contributed by atoms with E-state index in [1.807, 2.05) is 6.08 Å². The van der Waals surface area contributed by atoms with Crippen molar-refractivity contribution in [2.45, 2.75) is 51.9 Å². The normalized spacial score (nSPS) is 10.8. The summed E-state index contributed by atoms with van der Waals surface area (Å²) < 4.78 is 10.8. The summed E-state index contributed by atoms with van der Waals surface area (Å²) in [6, 6.07) is 12.6. The lowest BCUT2D eigenvalue weighted by Gasteiger charge is -2.07. The maximum Gasteiger partial charge on any atom is 0.343 e. The Balaban J connectivity index is 1.79. The van der Waals surface area contributed by atoms with E-state index in [1.54, 1.807) is 42.7 Å². The van der Waals surface area contributed by atoms with Gasteiger partial charge in [0.15, 0.2) is 0 Å². The molecule has 0 atom stereocenters. The molecule has 154 valence electrons. The highest BCUT2D eigenvalue weighted by Gasteiger charge is 2.15. The van der Waals surface area contributed by atoms with Gasteiger partial charge in [-0.3, -0.25) is 0 Å². The second-order valence-corrected chi connectivity index (χ2v) is 6.76. The van der Waals surface area contributed by atoms with Gasteiger partial charge >= 0.3 is 11.9 Å². The van der Waals surface area contributed by atoms with Crippen molar-refractivity contribution in [2.75, 3.05) is 0 Å².